The summed E-state index contributed by atoms with van der Waals surface area (Å²) in [6.07, 6.45) is 0. The van der Waals surface area contributed by atoms with Crippen LogP contribution in [-0.4, -0.2) is 0 Å². The van der Waals surface area contributed by atoms with Crippen LogP contribution >= 0.6 is 0 Å². The third kappa shape index (κ3) is 1.33. The Bertz CT molecular complexity index is 466. The smallest absolute Gasteiger partial charge is 0.133 e. The lowest BCUT2D eigenvalue weighted by atomic mass is 10.1. The number of anilines is 1. The molecule has 0 aliphatic rings. The number of hydrogen-bond donors (Lipinski definition) is 1. The molecule has 0 spiro atoms. The Morgan fingerprint density at radius 1 is 1.00 bits per heavy atom. The summed E-state index contributed by atoms with van der Waals surface area (Å²) in [5.41, 5.74) is 5.77. The molecule has 0 fully saturated rings. The van der Waals surface area contributed by atoms with Gasteiger partial charge in [0.25, 0.3) is 0 Å². The highest BCUT2D eigenvalue weighted by molar-refractivity contribution is 5.85. The molecule has 2 rings (SSSR count). The molecule has 0 bridgehead atoms. The van der Waals surface area contributed by atoms with E-state index in [-0.39, 0.29) is 5.39 Å². The summed E-state index contributed by atoms with van der Waals surface area (Å²) in [5.74, 6) is -0.939. The van der Waals surface area contributed by atoms with Crippen LogP contribution < -0.4 is 5.73 Å². The molecule has 2 aromatic rings. The average Bonchev–Trinajstić information content (AvgIpc) is 2.06. The van der Waals surface area contributed by atoms with Crippen LogP contribution in [0.1, 0.15) is 0 Å². The van der Waals surface area contributed by atoms with Crippen LogP contribution in [0.4, 0.5) is 14.5 Å². The van der Waals surface area contributed by atoms with E-state index in [1.165, 1.54) is 18.2 Å². The van der Waals surface area contributed by atoms with Crippen LogP contribution in [0.2, 0.25) is 0 Å². The maximum Gasteiger partial charge on any atom is 0.133 e. The number of benzene rings is 2. The number of nitrogen functional groups attached to an aromatic ring is 1. The molecule has 0 aliphatic carbocycles. The Labute approximate surface area is 73.8 Å². The Morgan fingerprint density at radius 3 is 2.54 bits per heavy atom. The van der Waals surface area contributed by atoms with E-state index >= 15 is 0 Å². The zero-order chi connectivity index (χ0) is 9.42. The van der Waals surface area contributed by atoms with Gasteiger partial charge in [0.2, 0.25) is 0 Å². The van der Waals surface area contributed by atoms with E-state index in [0.717, 1.165) is 6.07 Å². The second-order valence-corrected chi connectivity index (χ2v) is 2.87. The van der Waals surface area contributed by atoms with Gasteiger partial charge in [0.15, 0.2) is 0 Å². The van der Waals surface area contributed by atoms with Crippen LogP contribution in [0.15, 0.2) is 30.3 Å². The summed E-state index contributed by atoms with van der Waals surface area (Å²) in [7, 11) is 0. The molecule has 0 unspecified atom stereocenters. The van der Waals surface area contributed by atoms with E-state index in [1.807, 2.05) is 0 Å². The van der Waals surface area contributed by atoms with Gasteiger partial charge >= 0.3 is 0 Å². The zero-order valence-electron chi connectivity index (χ0n) is 6.72. The Kier molecular flexibility index (Phi) is 1.65. The average molecular weight is 179 g/mol. The van der Waals surface area contributed by atoms with Gasteiger partial charge in [-0.15, -0.1) is 0 Å². The standard InChI is InChI=1S/C10H7F2N/c11-7-2-1-6-3-8(13)5-10(12)9(6)4-7/h1-5H,13H2. The zero-order valence-corrected chi connectivity index (χ0v) is 6.72. The first-order valence-corrected chi connectivity index (χ1v) is 3.81. The lowest BCUT2D eigenvalue weighted by Gasteiger charge is -2.01. The molecule has 2 N–H and O–H groups in total. The van der Waals surface area contributed by atoms with E-state index in [1.54, 1.807) is 6.07 Å². The Hall–Kier alpha value is -1.64. The number of fused-ring (bicyclic) bond motifs is 1. The molecule has 0 atom stereocenters. The summed E-state index contributed by atoms with van der Waals surface area (Å²) < 4.78 is 25.9. The number of halogens is 2. The van der Waals surface area contributed by atoms with Crippen LogP contribution in [0.3, 0.4) is 0 Å². The van der Waals surface area contributed by atoms with Crippen LogP contribution in [0.5, 0.6) is 0 Å². The molecular formula is C10H7F2N. The molecule has 1 nitrogen and oxygen atoms in total. The molecule has 0 saturated heterocycles. The first kappa shape index (κ1) is 7.98. The monoisotopic (exact) mass is 179 g/mol. The highest BCUT2D eigenvalue weighted by Crippen LogP contribution is 2.21. The SMILES string of the molecule is Nc1cc(F)c2cc(F)ccc2c1. The number of hydrogen-bond acceptors (Lipinski definition) is 1. The van der Waals surface area contributed by atoms with Crippen molar-refractivity contribution >= 4 is 16.5 Å². The fourth-order valence-corrected chi connectivity index (χ4v) is 1.31. The molecule has 2 aromatic carbocycles. The van der Waals surface area contributed by atoms with Crippen molar-refractivity contribution in [2.24, 2.45) is 0 Å². The van der Waals surface area contributed by atoms with Gasteiger partial charge in [-0.3, -0.25) is 0 Å². The summed E-state index contributed by atoms with van der Waals surface area (Å²) in [6, 6.07) is 6.73. The Morgan fingerprint density at radius 2 is 1.77 bits per heavy atom. The van der Waals surface area contributed by atoms with Gasteiger partial charge in [-0.2, -0.15) is 0 Å². The van der Waals surface area contributed by atoms with Gasteiger partial charge in [0.05, 0.1) is 0 Å². The van der Waals surface area contributed by atoms with Crippen molar-refractivity contribution in [2.75, 3.05) is 5.73 Å². The molecule has 0 amide bonds. The normalized spacial score (nSPS) is 10.6. The van der Waals surface area contributed by atoms with Crippen molar-refractivity contribution in [3.05, 3.63) is 42.0 Å². The highest BCUT2D eigenvalue weighted by Gasteiger charge is 2.02. The van der Waals surface area contributed by atoms with Gasteiger partial charge in [-0.1, -0.05) is 6.07 Å². The molecular weight excluding hydrogens is 172 g/mol. The molecule has 0 radical (unpaired) electrons. The van der Waals surface area contributed by atoms with Crippen molar-refractivity contribution in [1.29, 1.82) is 0 Å². The van der Waals surface area contributed by atoms with Gasteiger partial charge in [-0.25, -0.2) is 8.78 Å². The predicted octanol–water partition coefficient (Wildman–Crippen LogP) is 2.70. The third-order valence-corrected chi connectivity index (χ3v) is 1.89. The quantitative estimate of drug-likeness (QED) is 0.618. The van der Waals surface area contributed by atoms with Gasteiger partial charge in [-0.05, 0) is 29.7 Å². The van der Waals surface area contributed by atoms with Crippen molar-refractivity contribution < 1.29 is 8.78 Å². The van der Waals surface area contributed by atoms with E-state index < -0.39 is 11.6 Å². The molecule has 3 heteroatoms. The maximum atomic E-state index is 13.2. The van der Waals surface area contributed by atoms with E-state index in [2.05, 4.69) is 0 Å². The minimum atomic E-state index is -0.491. The summed E-state index contributed by atoms with van der Waals surface area (Å²) >= 11 is 0. The Balaban J connectivity index is 2.87. The topological polar surface area (TPSA) is 26.0 Å². The van der Waals surface area contributed by atoms with E-state index in [4.69, 9.17) is 5.73 Å². The molecule has 0 aliphatic heterocycles. The largest absolute Gasteiger partial charge is 0.399 e. The van der Waals surface area contributed by atoms with Crippen molar-refractivity contribution in [3.63, 3.8) is 0 Å². The van der Waals surface area contributed by atoms with Gasteiger partial charge < -0.3 is 5.73 Å². The van der Waals surface area contributed by atoms with E-state index in [9.17, 15) is 8.78 Å². The second kappa shape index (κ2) is 2.69. The maximum absolute atomic E-state index is 13.2. The second-order valence-electron chi connectivity index (χ2n) is 2.87. The van der Waals surface area contributed by atoms with Crippen LogP contribution in [-0.2, 0) is 0 Å². The van der Waals surface area contributed by atoms with Crippen LogP contribution in [0, 0.1) is 11.6 Å². The number of rotatable bonds is 0. The van der Waals surface area contributed by atoms with E-state index in [0.29, 0.717) is 11.1 Å². The molecule has 13 heavy (non-hydrogen) atoms. The lowest BCUT2D eigenvalue weighted by Crippen LogP contribution is -1.88. The van der Waals surface area contributed by atoms with Crippen molar-refractivity contribution in [3.8, 4) is 0 Å². The van der Waals surface area contributed by atoms with Gasteiger partial charge in [0.1, 0.15) is 11.6 Å². The summed E-state index contributed by atoms with van der Waals surface area (Å²) in [4.78, 5) is 0. The third-order valence-electron chi connectivity index (χ3n) is 1.89. The van der Waals surface area contributed by atoms with Crippen molar-refractivity contribution in [2.45, 2.75) is 0 Å². The first-order valence-electron chi connectivity index (χ1n) is 3.81. The molecule has 0 heterocycles. The lowest BCUT2D eigenvalue weighted by molar-refractivity contribution is 0.622. The molecule has 66 valence electrons. The fraction of sp³-hybridized carbons (Fsp3) is 0. The minimum absolute atomic E-state index is 0.259. The fourth-order valence-electron chi connectivity index (χ4n) is 1.31. The molecule has 0 saturated carbocycles. The highest BCUT2D eigenvalue weighted by atomic mass is 19.1. The minimum Gasteiger partial charge on any atom is -0.399 e. The summed E-state index contributed by atoms with van der Waals surface area (Å²) in [5, 5.41) is 0.869. The van der Waals surface area contributed by atoms with Crippen LogP contribution in [0.25, 0.3) is 10.8 Å². The predicted molar refractivity (Wildman–Crippen MR) is 48.3 cm³/mol. The number of nitrogens with two attached hydrogens (primary N) is 1. The van der Waals surface area contributed by atoms with Gasteiger partial charge in [0, 0.05) is 11.1 Å². The van der Waals surface area contributed by atoms with Crippen molar-refractivity contribution in [1.82, 2.24) is 0 Å². The molecule has 0 aromatic heterocycles. The summed E-state index contributed by atoms with van der Waals surface area (Å²) in [6.45, 7) is 0. The first-order chi connectivity index (χ1) is 6.16.